The molecule has 3 aromatic rings. The standard InChI is InChI=1S/C50H64N4O7/c1-31-23-37(55)24-32(2)39(31)28-42(52-48(59)61-49(3,4)5)47(58)54-30-36-14-7-6-13-34(36)25-44(54)46(57)51-21-18-45(56)60-38-17-16-35-26-43-40-15-8-9-19-50(40,41(35)27-38)20-22-53(43)29-33-11-10-12-33/h6-7,13-14,16-17,23-24,27,33,40,42-44,55H,8-12,15,18-22,25-26,28-30H2,1-5H3,(H,51,57)(H,52,59)/t40-,42-,43+,44-,50+/m0/s1. The summed E-state index contributed by atoms with van der Waals surface area (Å²) in [6.45, 7) is 11.5. The molecule has 0 spiro atoms. The lowest BCUT2D eigenvalue weighted by atomic mass is 9.52. The Kier molecular flexibility index (Phi) is 12.2. The van der Waals surface area contributed by atoms with Gasteiger partial charge in [-0.05, 0) is 155 Å². The van der Waals surface area contributed by atoms with Crippen molar-refractivity contribution in [2.45, 2.75) is 147 Å². The molecule has 326 valence electrons. The summed E-state index contributed by atoms with van der Waals surface area (Å²) in [4.78, 5) is 59.7. The van der Waals surface area contributed by atoms with Crippen LogP contribution in [0.4, 0.5) is 4.79 Å². The van der Waals surface area contributed by atoms with Crippen molar-refractivity contribution >= 4 is 23.9 Å². The molecule has 1 saturated heterocycles. The van der Waals surface area contributed by atoms with E-state index in [4.69, 9.17) is 9.47 Å². The van der Waals surface area contributed by atoms with Gasteiger partial charge in [-0.3, -0.25) is 19.3 Å². The van der Waals surface area contributed by atoms with Gasteiger partial charge in [0.1, 0.15) is 29.2 Å². The quantitative estimate of drug-likeness (QED) is 0.135. The first-order chi connectivity index (χ1) is 29.2. The van der Waals surface area contributed by atoms with E-state index in [-0.39, 0.29) is 43.5 Å². The van der Waals surface area contributed by atoms with Gasteiger partial charge in [-0.1, -0.05) is 49.6 Å². The second-order valence-corrected chi connectivity index (χ2v) is 19.6. The van der Waals surface area contributed by atoms with Crippen LogP contribution in [0.3, 0.4) is 0 Å². The average molecular weight is 833 g/mol. The van der Waals surface area contributed by atoms with E-state index in [0.717, 1.165) is 53.1 Å². The van der Waals surface area contributed by atoms with E-state index in [9.17, 15) is 24.3 Å². The number of benzene rings is 3. The van der Waals surface area contributed by atoms with Crippen molar-refractivity contribution < 1.29 is 33.8 Å². The van der Waals surface area contributed by atoms with Crippen molar-refractivity contribution in [2.75, 3.05) is 19.6 Å². The normalized spacial score (nSPS) is 24.0. The maximum absolute atomic E-state index is 14.7. The molecule has 3 N–H and O–H groups in total. The van der Waals surface area contributed by atoms with E-state index in [2.05, 4.69) is 27.7 Å². The largest absolute Gasteiger partial charge is 0.508 e. The number of phenolic OH excluding ortho intramolecular Hbond substituents is 1. The van der Waals surface area contributed by atoms with Gasteiger partial charge in [0.15, 0.2) is 0 Å². The van der Waals surface area contributed by atoms with E-state index in [1.54, 1.807) is 32.9 Å². The van der Waals surface area contributed by atoms with Gasteiger partial charge >= 0.3 is 12.1 Å². The zero-order valence-corrected chi connectivity index (χ0v) is 36.7. The van der Waals surface area contributed by atoms with Crippen molar-refractivity contribution in [1.82, 2.24) is 20.4 Å². The van der Waals surface area contributed by atoms with E-state index in [1.165, 1.54) is 67.5 Å². The highest BCUT2D eigenvalue weighted by molar-refractivity contribution is 5.92. The summed E-state index contributed by atoms with van der Waals surface area (Å²) in [5.74, 6) is 0.931. The number of esters is 1. The third-order valence-electron chi connectivity index (χ3n) is 14.4. The summed E-state index contributed by atoms with van der Waals surface area (Å²) in [5.41, 5.74) is 6.34. The number of phenols is 1. The number of amides is 3. The first-order valence-electron chi connectivity index (χ1n) is 22.7. The number of hydrogen-bond donors (Lipinski definition) is 3. The molecule has 0 unspecified atom stereocenters. The summed E-state index contributed by atoms with van der Waals surface area (Å²) >= 11 is 0. The lowest BCUT2D eigenvalue weighted by Gasteiger charge is -2.59. The van der Waals surface area contributed by atoms with Crippen LogP contribution in [0.2, 0.25) is 0 Å². The minimum atomic E-state index is -1.07. The van der Waals surface area contributed by atoms with Crippen LogP contribution in [0, 0.1) is 25.7 Å². The molecule has 3 aliphatic carbocycles. The molecule has 2 bridgehead atoms. The zero-order chi connectivity index (χ0) is 43.1. The molecule has 2 aliphatic heterocycles. The molecule has 0 aromatic heterocycles. The second-order valence-electron chi connectivity index (χ2n) is 19.6. The fourth-order valence-corrected chi connectivity index (χ4v) is 11.3. The number of likely N-dealkylation sites (tertiary alicyclic amines) is 1. The number of nitrogens with zero attached hydrogens (tertiary/aromatic N) is 2. The molecule has 11 nitrogen and oxygen atoms in total. The smallest absolute Gasteiger partial charge is 0.408 e. The van der Waals surface area contributed by atoms with Crippen molar-refractivity contribution in [3.8, 4) is 11.5 Å². The van der Waals surface area contributed by atoms with Gasteiger partial charge in [0.05, 0.1) is 6.42 Å². The first kappa shape index (κ1) is 42.8. The lowest BCUT2D eigenvalue weighted by molar-refractivity contribution is -0.143. The number of carbonyl (C=O) groups is 4. The monoisotopic (exact) mass is 832 g/mol. The maximum atomic E-state index is 14.7. The Balaban J connectivity index is 0.946. The molecule has 11 heteroatoms. The number of aromatic hydroxyl groups is 1. The van der Waals surface area contributed by atoms with Crippen LogP contribution in [-0.4, -0.2) is 82.1 Å². The van der Waals surface area contributed by atoms with Crippen molar-refractivity contribution in [3.63, 3.8) is 0 Å². The summed E-state index contributed by atoms with van der Waals surface area (Å²) < 4.78 is 11.6. The minimum Gasteiger partial charge on any atom is -0.508 e. The van der Waals surface area contributed by atoms with Gasteiger partial charge in [-0.15, -0.1) is 0 Å². The number of hydrogen-bond acceptors (Lipinski definition) is 8. The van der Waals surface area contributed by atoms with Gasteiger partial charge in [0.2, 0.25) is 11.8 Å². The maximum Gasteiger partial charge on any atom is 0.408 e. The number of piperidine rings is 1. The van der Waals surface area contributed by atoms with E-state index < -0.39 is 41.6 Å². The summed E-state index contributed by atoms with van der Waals surface area (Å²) in [6.07, 6.45) is 11.0. The van der Waals surface area contributed by atoms with Gasteiger partial charge in [0, 0.05) is 43.9 Å². The highest BCUT2D eigenvalue weighted by Crippen LogP contribution is 2.56. The molecule has 3 amide bonds. The van der Waals surface area contributed by atoms with Crippen molar-refractivity contribution in [3.05, 3.63) is 93.5 Å². The van der Waals surface area contributed by atoms with Crippen LogP contribution in [-0.2, 0) is 50.3 Å². The fraction of sp³-hybridized carbons (Fsp3) is 0.560. The first-order valence-corrected chi connectivity index (χ1v) is 22.7. The molecule has 5 atom stereocenters. The second kappa shape index (κ2) is 17.5. The molecule has 61 heavy (non-hydrogen) atoms. The zero-order valence-electron chi connectivity index (χ0n) is 36.7. The summed E-state index contributed by atoms with van der Waals surface area (Å²) in [7, 11) is 0. The fourth-order valence-electron chi connectivity index (χ4n) is 11.3. The lowest BCUT2D eigenvalue weighted by Crippen LogP contribution is -2.61. The van der Waals surface area contributed by atoms with E-state index in [0.29, 0.717) is 17.7 Å². The van der Waals surface area contributed by atoms with E-state index in [1.807, 2.05) is 44.2 Å². The van der Waals surface area contributed by atoms with Crippen LogP contribution in [0.25, 0.3) is 0 Å². The molecular formula is C50H64N4O7. The SMILES string of the molecule is Cc1cc(O)cc(C)c1C[C@H](NC(=O)OC(C)(C)C)C(=O)N1Cc2ccccc2C[C@H]1C(=O)NCCC(=O)Oc1ccc2c(c1)[C@@]13CCCC[C@H]1[C@@H](C2)N(CC1CCC1)CC3. The summed E-state index contributed by atoms with van der Waals surface area (Å²) in [6, 6.07) is 15.9. The summed E-state index contributed by atoms with van der Waals surface area (Å²) in [5, 5.41) is 15.9. The van der Waals surface area contributed by atoms with Crippen LogP contribution in [0.5, 0.6) is 11.5 Å². The number of alkyl carbamates (subject to hydrolysis) is 1. The Morgan fingerprint density at radius 1 is 0.902 bits per heavy atom. The third kappa shape index (κ3) is 9.18. The number of nitrogens with one attached hydrogen (secondary N) is 2. The Morgan fingerprint density at radius 2 is 1.66 bits per heavy atom. The highest BCUT2D eigenvalue weighted by Gasteiger charge is 2.54. The molecule has 3 fully saturated rings. The number of rotatable bonds is 11. The highest BCUT2D eigenvalue weighted by atomic mass is 16.6. The predicted molar refractivity (Wildman–Crippen MR) is 233 cm³/mol. The minimum absolute atomic E-state index is 0.0335. The van der Waals surface area contributed by atoms with Crippen molar-refractivity contribution in [2.24, 2.45) is 11.8 Å². The molecule has 2 saturated carbocycles. The molecule has 3 aromatic carbocycles. The molecule has 5 aliphatic rings. The number of ether oxygens (including phenoxy) is 2. The third-order valence-corrected chi connectivity index (χ3v) is 14.4. The van der Waals surface area contributed by atoms with Crippen LogP contribution < -0.4 is 15.4 Å². The molecule has 2 heterocycles. The topological polar surface area (TPSA) is 138 Å². The van der Waals surface area contributed by atoms with Crippen LogP contribution in [0.15, 0.2) is 54.6 Å². The van der Waals surface area contributed by atoms with Gasteiger partial charge < -0.3 is 30.1 Å². The Hall–Kier alpha value is -4.90. The number of fused-ring (bicyclic) bond motifs is 2. The Bertz CT molecular complexity index is 2140. The molecule has 0 radical (unpaired) electrons. The number of aryl methyl sites for hydroxylation is 2. The van der Waals surface area contributed by atoms with Gasteiger partial charge in [0.25, 0.3) is 0 Å². The van der Waals surface area contributed by atoms with Crippen LogP contribution >= 0.6 is 0 Å². The molecule has 8 rings (SSSR count). The van der Waals surface area contributed by atoms with Crippen molar-refractivity contribution in [1.29, 1.82) is 0 Å². The molecular weight excluding hydrogens is 769 g/mol. The Morgan fingerprint density at radius 3 is 2.38 bits per heavy atom. The van der Waals surface area contributed by atoms with Gasteiger partial charge in [-0.2, -0.15) is 0 Å². The predicted octanol–water partition coefficient (Wildman–Crippen LogP) is 7.37. The van der Waals surface area contributed by atoms with E-state index >= 15 is 0 Å². The number of carbonyl (C=O) groups excluding carboxylic acids is 4. The van der Waals surface area contributed by atoms with Crippen LogP contribution in [0.1, 0.15) is 118 Å². The van der Waals surface area contributed by atoms with Gasteiger partial charge in [-0.25, -0.2) is 4.79 Å². The Labute approximate surface area is 360 Å². The average Bonchev–Trinajstić information content (AvgIpc) is 3.19.